The van der Waals surface area contributed by atoms with Gasteiger partial charge in [0, 0.05) is 18.7 Å². The third-order valence-corrected chi connectivity index (χ3v) is 3.04. The van der Waals surface area contributed by atoms with E-state index in [9.17, 15) is 24.5 Å². The molecular formula is C13H13N3O5. The zero-order valence-corrected chi connectivity index (χ0v) is 11.3. The predicted molar refractivity (Wildman–Crippen MR) is 71.8 cm³/mol. The van der Waals surface area contributed by atoms with Crippen molar-refractivity contribution in [1.82, 2.24) is 10.2 Å². The van der Waals surface area contributed by atoms with Crippen LogP contribution < -0.4 is 5.32 Å². The molecule has 0 aliphatic carbocycles. The van der Waals surface area contributed by atoms with E-state index in [-0.39, 0.29) is 23.4 Å². The minimum atomic E-state index is -0.689. The number of amides is 3. The van der Waals surface area contributed by atoms with Crippen LogP contribution in [-0.4, -0.2) is 40.6 Å². The normalized spacial score (nSPS) is 13.3. The van der Waals surface area contributed by atoms with Crippen molar-refractivity contribution in [2.45, 2.75) is 13.3 Å². The van der Waals surface area contributed by atoms with E-state index < -0.39 is 22.6 Å². The highest BCUT2D eigenvalue weighted by molar-refractivity contribution is 6.22. The van der Waals surface area contributed by atoms with Crippen molar-refractivity contribution in [2.24, 2.45) is 0 Å². The first-order valence-electron chi connectivity index (χ1n) is 6.37. The molecule has 1 N–H and O–H groups in total. The van der Waals surface area contributed by atoms with Crippen molar-refractivity contribution in [3.63, 3.8) is 0 Å². The molecule has 21 heavy (non-hydrogen) atoms. The lowest BCUT2D eigenvalue weighted by atomic mass is 10.1. The van der Waals surface area contributed by atoms with E-state index in [1.54, 1.807) is 0 Å². The number of fused-ring (bicyclic) bond motifs is 1. The van der Waals surface area contributed by atoms with Crippen LogP contribution in [0.2, 0.25) is 0 Å². The summed E-state index contributed by atoms with van der Waals surface area (Å²) in [6.45, 7) is 1.94. The standard InChI is InChI=1S/C13H13N3O5/c1-2-5-14-11(17)7-15-12(18)9-4-3-8(16(20)21)6-10(9)13(15)19/h3-4,6H,2,5,7H2,1H3,(H,14,17). The molecule has 0 spiro atoms. The van der Waals surface area contributed by atoms with E-state index in [4.69, 9.17) is 0 Å². The fraction of sp³-hybridized carbons (Fsp3) is 0.308. The highest BCUT2D eigenvalue weighted by Crippen LogP contribution is 2.26. The van der Waals surface area contributed by atoms with Crippen LogP contribution in [0.1, 0.15) is 34.1 Å². The van der Waals surface area contributed by atoms with Crippen LogP contribution in [0.5, 0.6) is 0 Å². The summed E-state index contributed by atoms with van der Waals surface area (Å²) < 4.78 is 0. The molecule has 8 heteroatoms. The fourth-order valence-electron chi connectivity index (χ4n) is 2.00. The smallest absolute Gasteiger partial charge is 0.270 e. The van der Waals surface area contributed by atoms with Gasteiger partial charge in [-0.3, -0.25) is 29.4 Å². The van der Waals surface area contributed by atoms with Crippen molar-refractivity contribution in [2.75, 3.05) is 13.1 Å². The second-order valence-corrected chi connectivity index (χ2v) is 4.53. The molecule has 8 nitrogen and oxygen atoms in total. The molecule has 0 saturated heterocycles. The van der Waals surface area contributed by atoms with Crippen LogP contribution in [0.4, 0.5) is 5.69 Å². The summed E-state index contributed by atoms with van der Waals surface area (Å²) in [5.74, 6) is -1.75. The van der Waals surface area contributed by atoms with Crippen LogP contribution >= 0.6 is 0 Å². The van der Waals surface area contributed by atoms with Crippen LogP contribution in [0, 0.1) is 10.1 Å². The average Bonchev–Trinajstić information content (AvgIpc) is 2.69. The zero-order chi connectivity index (χ0) is 15.6. The Bertz CT molecular complexity index is 641. The number of benzene rings is 1. The Morgan fingerprint density at radius 2 is 1.95 bits per heavy atom. The van der Waals surface area contributed by atoms with Crippen molar-refractivity contribution < 1.29 is 19.3 Å². The molecule has 1 heterocycles. The summed E-state index contributed by atoms with van der Waals surface area (Å²) in [5.41, 5.74) is -0.237. The lowest BCUT2D eigenvalue weighted by Gasteiger charge is -2.13. The molecule has 1 aromatic rings. The maximum Gasteiger partial charge on any atom is 0.270 e. The van der Waals surface area contributed by atoms with Gasteiger partial charge in [0.1, 0.15) is 6.54 Å². The number of hydrogen-bond acceptors (Lipinski definition) is 5. The first-order valence-corrected chi connectivity index (χ1v) is 6.37. The van der Waals surface area contributed by atoms with Crippen LogP contribution in [0.25, 0.3) is 0 Å². The number of nitrogens with one attached hydrogen (secondary N) is 1. The van der Waals surface area contributed by atoms with Crippen molar-refractivity contribution in [1.29, 1.82) is 0 Å². The van der Waals surface area contributed by atoms with Gasteiger partial charge < -0.3 is 5.32 Å². The lowest BCUT2D eigenvalue weighted by Crippen LogP contribution is -2.40. The third kappa shape index (κ3) is 2.73. The van der Waals surface area contributed by atoms with Gasteiger partial charge in [0.25, 0.3) is 17.5 Å². The zero-order valence-electron chi connectivity index (χ0n) is 11.3. The van der Waals surface area contributed by atoms with E-state index >= 15 is 0 Å². The van der Waals surface area contributed by atoms with Crippen molar-refractivity contribution >= 4 is 23.4 Å². The minimum absolute atomic E-state index is 0.0440. The van der Waals surface area contributed by atoms with Crippen LogP contribution in [0.15, 0.2) is 18.2 Å². The number of carbonyl (C=O) groups is 3. The number of rotatable bonds is 5. The van der Waals surface area contributed by atoms with Crippen LogP contribution in [0.3, 0.4) is 0 Å². The molecular weight excluding hydrogens is 278 g/mol. The number of imide groups is 1. The Labute approximate surface area is 119 Å². The Morgan fingerprint density at radius 1 is 1.29 bits per heavy atom. The van der Waals surface area contributed by atoms with Gasteiger partial charge in [-0.2, -0.15) is 0 Å². The van der Waals surface area contributed by atoms with Gasteiger partial charge in [0.15, 0.2) is 0 Å². The maximum absolute atomic E-state index is 12.1. The first kappa shape index (κ1) is 14.6. The number of carbonyl (C=O) groups excluding carboxylic acids is 3. The summed E-state index contributed by atoms with van der Waals surface area (Å²) in [7, 11) is 0. The molecule has 1 aliphatic rings. The molecule has 1 aliphatic heterocycles. The van der Waals surface area contributed by atoms with Crippen LogP contribution in [-0.2, 0) is 4.79 Å². The average molecular weight is 291 g/mol. The Balaban J connectivity index is 2.22. The predicted octanol–water partition coefficient (Wildman–Crippen LogP) is 0.717. The molecule has 0 atom stereocenters. The minimum Gasteiger partial charge on any atom is -0.355 e. The molecule has 0 radical (unpaired) electrons. The largest absolute Gasteiger partial charge is 0.355 e. The van der Waals surface area contributed by atoms with E-state index in [1.807, 2.05) is 6.92 Å². The second-order valence-electron chi connectivity index (χ2n) is 4.53. The number of non-ortho nitro benzene ring substituents is 1. The fourth-order valence-corrected chi connectivity index (χ4v) is 2.00. The Morgan fingerprint density at radius 3 is 2.57 bits per heavy atom. The first-order chi connectivity index (χ1) is 9.95. The number of nitro groups is 1. The highest BCUT2D eigenvalue weighted by atomic mass is 16.6. The monoisotopic (exact) mass is 291 g/mol. The molecule has 0 unspecified atom stereocenters. The molecule has 2 rings (SSSR count). The molecule has 110 valence electrons. The van der Waals surface area contributed by atoms with Gasteiger partial charge >= 0.3 is 0 Å². The topological polar surface area (TPSA) is 110 Å². The summed E-state index contributed by atoms with van der Waals surface area (Å²) in [6, 6.07) is 3.45. The number of nitro benzene ring substituents is 1. The lowest BCUT2D eigenvalue weighted by molar-refractivity contribution is -0.384. The van der Waals surface area contributed by atoms with E-state index in [1.165, 1.54) is 6.07 Å². The summed E-state index contributed by atoms with van der Waals surface area (Å²) in [5, 5.41) is 13.3. The summed E-state index contributed by atoms with van der Waals surface area (Å²) >= 11 is 0. The van der Waals surface area contributed by atoms with Gasteiger partial charge in [0.2, 0.25) is 5.91 Å². The van der Waals surface area contributed by atoms with Crippen molar-refractivity contribution in [3.8, 4) is 0 Å². The van der Waals surface area contributed by atoms with Gasteiger partial charge in [-0.25, -0.2) is 0 Å². The quantitative estimate of drug-likeness (QED) is 0.488. The van der Waals surface area contributed by atoms with E-state index in [0.29, 0.717) is 6.54 Å². The van der Waals surface area contributed by atoms with E-state index in [2.05, 4.69) is 5.32 Å². The van der Waals surface area contributed by atoms with Crippen molar-refractivity contribution in [3.05, 3.63) is 39.4 Å². The molecule has 0 bridgehead atoms. The summed E-state index contributed by atoms with van der Waals surface area (Å²) in [4.78, 5) is 46.6. The maximum atomic E-state index is 12.1. The molecule has 0 saturated carbocycles. The number of hydrogen-bond donors (Lipinski definition) is 1. The Hall–Kier alpha value is -2.77. The molecule has 0 aromatic heterocycles. The molecule has 3 amide bonds. The van der Waals surface area contributed by atoms with Gasteiger partial charge in [-0.15, -0.1) is 0 Å². The SMILES string of the molecule is CCCNC(=O)CN1C(=O)c2ccc([N+](=O)[O-])cc2C1=O. The van der Waals surface area contributed by atoms with Gasteiger partial charge in [0.05, 0.1) is 16.1 Å². The van der Waals surface area contributed by atoms with E-state index in [0.717, 1.165) is 23.5 Å². The second kappa shape index (κ2) is 5.70. The highest BCUT2D eigenvalue weighted by Gasteiger charge is 2.37. The Kier molecular flexibility index (Phi) is 3.97. The number of nitrogens with zero attached hydrogens (tertiary/aromatic N) is 2. The van der Waals surface area contributed by atoms with Gasteiger partial charge in [-0.1, -0.05) is 6.92 Å². The summed E-state index contributed by atoms with van der Waals surface area (Å²) in [6.07, 6.45) is 0.736. The van der Waals surface area contributed by atoms with Gasteiger partial charge in [-0.05, 0) is 12.5 Å². The third-order valence-electron chi connectivity index (χ3n) is 3.04. The molecule has 1 aromatic carbocycles. The molecule has 0 fully saturated rings.